The lowest BCUT2D eigenvalue weighted by Crippen LogP contribution is -2.30. The minimum Gasteiger partial charge on any atom is -0.478 e. The van der Waals surface area contributed by atoms with Gasteiger partial charge in [0.25, 0.3) is 5.91 Å². The molecule has 3 N–H and O–H groups in total. The summed E-state index contributed by atoms with van der Waals surface area (Å²) in [6.45, 7) is 3.78. The van der Waals surface area contributed by atoms with Crippen LogP contribution in [0.1, 0.15) is 40.1 Å². The van der Waals surface area contributed by atoms with Crippen molar-refractivity contribution in [2.45, 2.75) is 31.2 Å². The second-order valence-electron chi connectivity index (χ2n) is 6.31. The molecule has 144 valence electrons. The lowest BCUT2D eigenvalue weighted by molar-refractivity contribution is 0.0696. The molecule has 2 aromatic rings. The second kappa shape index (κ2) is 8.79. The number of carbonyl (C=O) groups is 2. The molecular weight excluding hydrogens is 368 g/mol. The van der Waals surface area contributed by atoms with Crippen molar-refractivity contribution in [3.63, 3.8) is 0 Å². The minimum atomic E-state index is -3.67. The number of carboxylic acid groups (broad SMARTS) is 1. The monoisotopic (exact) mass is 390 g/mol. The number of aromatic carboxylic acids is 1. The predicted molar refractivity (Wildman–Crippen MR) is 101 cm³/mol. The molecule has 0 atom stereocenters. The smallest absolute Gasteiger partial charge is 0.335 e. The molecular formula is C19H22N2O5S. The summed E-state index contributed by atoms with van der Waals surface area (Å²) in [7, 11) is -3.67. The van der Waals surface area contributed by atoms with Gasteiger partial charge in [-0.2, -0.15) is 0 Å². The number of hydrogen-bond donors (Lipinski definition) is 3. The summed E-state index contributed by atoms with van der Waals surface area (Å²) in [6, 6.07) is 12.0. The molecule has 0 unspecified atom stereocenters. The fourth-order valence-electron chi connectivity index (χ4n) is 2.42. The van der Waals surface area contributed by atoms with E-state index < -0.39 is 16.0 Å². The first-order valence-electron chi connectivity index (χ1n) is 8.42. The average Bonchev–Trinajstić information content (AvgIpc) is 2.61. The maximum atomic E-state index is 12.3. The molecule has 0 spiro atoms. The lowest BCUT2D eigenvalue weighted by atomic mass is 10.1. The Kier molecular flexibility index (Phi) is 6.70. The van der Waals surface area contributed by atoms with Gasteiger partial charge in [0.1, 0.15) is 0 Å². The molecule has 2 rings (SSSR count). The van der Waals surface area contributed by atoms with E-state index in [1.165, 1.54) is 30.3 Å². The van der Waals surface area contributed by atoms with Crippen molar-refractivity contribution in [3.8, 4) is 0 Å². The van der Waals surface area contributed by atoms with Gasteiger partial charge in [0, 0.05) is 18.2 Å². The number of sulfonamides is 1. The largest absolute Gasteiger partial charge is 0.478 e. The Balaban J connectivity index is 1.98. The summed E-state index contributed by atoms with van der Waals surface area (Å²) in [4.78, 5) is 23.1. The van der Waals surface area contributed by atoms with Crippen LogP contribution in [0.4, 0.5) is 0 Å². The van der Waals surface area contributed by atoms with Crippen molar-refractivity contribution in [2.75, 3.05) is 6.54 Å². The molecule has 1 amide bonds. The van der Waals surface area contributed by atoms with E-state index >= 15 is 0 Å². The molecule has 0 aromatic heterocycles. The number of rotatable bonds is 8. The number of benzene rings is 2. The predicted octanol–water partition coefficient (Wildman–Crippen LogP) is 2.04. The summed E-state index contributed by atoms with van der Waals surface area (Å²) in [5.74, 6) is -1.37. The first kappa shape index (κ1) is 20.6. The highest BCUT2D eigenvalue weighted by molar-refractivity contribution is 7.89. The molecule has 7 nitrogen and oxygen atoms in total. The van der Waals surface area contributed by atoms with Gasteiger partial charge >= 0.3 is 5.97 Å². The first-order chi connectivity index (χ1) is 12.7. The van der Waals surface area contributed by atoms with E-state index in [1.54, 1.807) is 32.0 Å². The lowest BCUT2D eigenvalue weighted by Gasteiger charge is -2.11. The maximum absolute atomic E-state index is 12.3. The second-order valence-corrected chi connectivity index (χ2v) is 8.03. The Morgan fingerprint density at radius 1 is 1.04 bits per heavy atom. The average molecular weight is 390 g/mol. The zero-order chi connectivity index (χ0) is 20.0. The van der Waals surface area contributed by atoms with E-state index in [2.05, 4.69) is 10.0 Å². The van der Waals surface area contributed by atoms with Gasteiger partial charge in [0.15, 0.2) is 0 Å². The van der Waals surface area contributed by atoms with E-state index in [4.69, 9.17) is 5.11 Å². The fraction of sp³-hybridized carbons (Fsp3) is 0.263. The summed E-state index contributed by atoms with van der Waals surface area (Å²) in [6.07, 6.45) is 0.526. The molecule has 8 heteroatoms. The number of carbonyl (C=O) groups excluding carboxylic acids is 1. The van der Waals surface area contributed by atoms with E-state index in [1.807, 2.05) is 0 Å². The molecule has 0 bridgehead atoms. The number of hydrogen-bond acceptors (Lipinski definition) is 4. The Morgan fingerprint density at radius 2 is 1.70 bits per heavy atom. The van der Waals surface area contributed by atoms with E-state index in [0.717, 1.165) is 5.56 Å². The molecule has 0 aliphatic heterocycles. The summed E-state index contributed by atoms with van der Waals surface area (Å²) < 4.78 is 26.9. The van der Waals surface area contributed by atoms with Crippen molar-refractivity contribution in [2.24, 2.45) is 0 Å². The van der Waals surface area contributed by atoms with Crippen molar-refractivity contribution < 1.29 is 23.1 Å². The van der Waals surface area contributed by atoms with Crippen LogP contribution in [0.5, 0.6) is 0 Å². The molecule has 0 aliphatic carbocycles. The SMILES string of the molecule is CC(C)NS(=O)(=O)c1cccc(C(=O)NCCc2ccc(C(=O)O)cc2)c1. The third kappa shape index (κ3) is 5.90. The van der Waals surface area contributed by atoms with E-state index in [9.17, 15) is 18.0 Å². The highest BCUT2D eigenvalue weighted by atomic mass is 32.2. The van der Waals surface area contributed by atoms with Crippen LogP contribution in [0, 0.1) is 0 Å². The van der Waals surface area contributed by atoms with Gasteiger partial charge in [0.05, 0.1) is 10.5 Å². The Morgan fingerprint density at radius 3 is 2.30 bits per heavy atom. The number of nitrogens with one attached hydrogen (secondary N) is 2. The van der Waals surface area contributed by atoms with Gasteiger partial charge in [0.2, 0.25) is 10.0 Å². The number of carboxylic acids is 1. The standard InChI is InChI=1S/C19H22N2O5S/c1-13(2)21-27(25,26)17-5-3-4-16(12-17)18(22)20-11-10-14-6-8-15(9-7-14)19(23)24/h3-9,12-13,21H,10-11H2,1-2H3,(H,20,22)(H,23,24). The zero-order valence-corrected chi connectivity index (χ0v) is 15.9. The Labute approximate surface area is 158 Å². The first-order valence-corrected chi connectivity index (χ1v) is 9.90. The van der Waals surface area contributed by atoms with Crippen molar-refractivity contribution >= 4 is 21.9 Å². The zero-order valence-electron chi connectivity index (χ0n) is 15.1. The van der Waals surface area contributed by atoms with Crippen LogP contribution in [-0.4, -0.2) is 38.0 Å². The van der Waals surface area contributed by atoms with Crippen LogP contribution in [-0.2, 0) is 16.4 Å². The fourth-order valence-corrected chi connectivity index (χ4v) is 3.72. The maximum Gasteiger partial charge on any atom is 0.335 e. The van der Waals surface area contributed by atoms with Gasteiger partial charge in [-0.3, -0.25) is 4.79 Å². The molecule has 0 radical (unpaired) electrons. The van der Waals surface area contributed by atoms with Gasteiger partial charge in [-0.15, -0.1) is 0 Å². The van der Waals surface area contributed by atoms with Gasteiger partial charge in [-0.05, 0) is 56.2 Å². The van der Waals surface area contributed by atoms with Gasteiger partial charge in [-0.1, -0.05) is 18.2 Å². The van der Waals surface area contributed by atoms with Crippen LogP contribution < -0.4 is 10.0 Å². The Bertz CT molecular complexity index is 921. The van der Waals surface area contributed by atoms with Crippen molar-refractivity contribution in [3.05, 3.63) is 65.2 Å². The number of amides is 1. The molecule has 0 fully saturated rings. The molecule has 0 saturated carbocycles. The quantitative estimate of drug-likeness (QED) is 0.638. The van der Waals surface area contributed by atoms with Crippen molar-refractivity contribution in [1.29, 1.82) is 0 Å². The van der Waals surface area contributed by atoms with Gasteiger partial charge < -0.3 is 10.4 Å². The third-order valence-corrected chi connectivity index (χ3v) is 5.35. The van der Waals surface area contributed by atoms with E-state index in [0.29, 0.717) is 13.0 Å². The van der Waals surface area contributed by atoms with Crippen LogP contribution >= 0.6 is 0 Å². The molecule has 27 heavy (non-hydrogen) atoms. The van der Waals surface area contributed by atoms with Crippen LogP contribution in [0.2, 0.25) is 0 Å². The minimum absolute atomic E-state index is 0.0353. The normalized spacial score (nSPS) is 11.4. The van der Waals surface area contributed by atoms with Crippen molar-refractivity contribution in [1.82, 2.24) is 10.0 Å². The summed E-state index contributed by atoms with van der Waals surface area (Å²) in [5.41, 5.74) is 1.34. The van der Waals surface area contributed by atoms with Crippen LogP contribution in [0.15, 0.2) is 53.4 Å². The Hall–Kier alpha value is -2.71. The topological polar surface area (TPSA) is 113 Å². The van der Waals surface area contributed by atoms with Crippen LogP contribution in [0.25, 0.3) is 0 Å². The third-order valence-electron chi connectivity index (χ3n) is 3.70. The molecule has 0 aliphatic rings. The highest BCUT2D eigenvalue weighted by Crippen LogP contribution is 2.12. The highest BCUT2D eigenvalue weighted by Gasteiger charge is 2.17. The summed E-state index contributed by atoms with van der Waals surface area (Å²) >= 11 is 0. The van der Waals surface area contributed by atoms with Gasteiger partial charge in [-0.25, -0.2) is 17.9 Å². The molecule has 2 aromatic carbocycles. The van der Waals surface area contributed by atoms with Crippen LogP contribution in [0.3, 0.4) is 0 Å². The molecule has 0 saturated heterocycles. The van der Waals surface area contributed by atoms with E-state index in [-0.39, 0.29) is 28.0 Å². The molecule has 0 heterocycles. The summed E-state index contributed by atoms with van der Waals surface area (Å²) in [5, 5.41) is 11.6.